The molecule has 1 saturated carbocycles. The molecule has 1 heterocycles. The van der Waals surface area contributed by atoms with Gasteiger partial charge in [-0.1, -0.05) is 69.3 Å². The third kappa shape index (κ3) is 1.97. The van der Waals surface area contributed by atoms with Crippen LogP contribution in [0, 0.1) is 5.41 Å². The van der Waals surface area contributed by atoms with Crippen LogP contribution < -0.4 is 5.56 Å². The summed E-state index contributed by atoms with van der Waals surface area (Å²) in [6.45, 7) is 6.83. The van der Waals surface area contributed by atoms with Gasteiger partial charge in [0.1, 0.15) is 5.75 Å². The Bertz CT molecular complexity index is 1130. The molecule has 2 aliphatic rings. The average molecular weight is 371 g/mol. The van der Waals surface area contributed by atoms with Gasteiger partial charge in [0, 0.05) is 22.4 Å². The van der Waals surface area contributed by atoms with Gasteiger partial charge in [0.25, 0.3) is 5.56 Å². The number of fused-ring (bicyclic) bond motifs is 5. The van der Waals surface area contributed by atoms with Crippen molar-refractivity contribution in [3.05, 3.63) is 82.3 Å². The molecular formula is C25H25NO2. The molecule has 2 bridgehead atoms. The average Bonchev–Trinajstić information content (AvgIpc) is 3.02. The first kappa shape index (κ1) is 17.3. The highest BCUT2D eigenvalue weighted by molar-refractivity contribution is 5.74. The zero-order chi connectivity index (χ0) is 19.7. The van der Waals surface area contributed by atoms with Crippen molar-refractivity contribution in [1.82, 2.24) is 4.57 Å². The third-order valence-corrected chi connectivity index (χ3v) is 7.56. The number of nitrogens with zero attached hydrogens (tertiary/aromatic N) is 1. The second kappa shape index (κ2) is 5.60. The summed E-state index contributed by atoms with van der Waals surface area (Å²) in [5.41, 5.74) is 3.73. The van der Waals surface area contributed by atoms with E-state index < -0.39 is 0 Å². The molecule has 0 amide bonds. The lowest BCUT2D eigenvalue weighted by Crippen LogP contribution is -2.36. The predicted molar refractivity (Wildman–Crippen MR) is 112 cm³/mol. The zero-order valence-electron chi connectivity index (χ0n) is 16.6. The molecule has 3 nitrogen and oxygen atoms in total. The van der Waals surface area contributed by atoms with Crippen LogP contribution in [0.4, 0.5) is 0 Å². The van der Waals surface area contributed by atoms with Gasteiger partial charge in [0.2, 0.25) is 0 Å². The van der Waals surface area contributed by atoms with Crippen LogP contribution in [0.1, 0.15) is 50.8 Å². The number of pyridine rings is 1. The first-order valence-electron chi connectivity index (χ1n) is 10.0. The SMILES string of the molecule is CC1(C)[C@H]2CC[C@]1(C)c1c2c(O)c(-c2ccccc2)c(=O)n1-c1ccccc1. The second-order valence-electron chi connectivity index (χ2n) is 8.97. The predicted octanol–water partition coefficient (Wildman–Crippen LogP) is 5.39. The fraction of sp³-hybridized carbons (Fsp3) is 0.320. The number of para-hydroxylation sites is 1. The molecule has 142 valence electrons. The Labute approximate surface area is 165 Å². The normalized spacial score (nSPS) is 24.3. The molecule has 1 fully saturated rings. The van der Waals surface area contributed by atoms with E-state index in [0.717, 1.165) is 35.3 Å². The van der Waals surface area contributed by atoms with E-state index in [2.05, 4.69) is 20.8 Å². The van der Waals surface area contributed by atoms with E-state index in [0.29, 0.717) is 5.56 Å². The number of aromatic hydroxyl groups is 1. The van der Waals surface area contributed by atoms with E-state index in [1.807, 2.05) is 65.2 Å². The Morgan fingerprint density at radius 1 is 0.964 bits per heavy atom. The lowest BCUT2D eigenvalue weighted by atomic mass is 9.70. The molecule has 0 radical (unpaired) electrons. The smallest absolute Gasteiger partial charge is 0.266 e. The summed E-state index contributed by atoms with van der Waals surface area (Å²) in [6.07, 6.45) is 2.08. The summed E-state index contributed by atoms with van der Waals surface area (Å²) in [5.74, 6) is 0.436. The molecule has 2 aliphatic carbocycles. The van der Waals surface area contributed by atoms with Crippen molar-refractivity contribution in [3.8, 4) is 22.6 Å². The highest BCUT2D eigenvalue weighted by atomic mass is 16.3. The van der Waals surface area contributed by atoms with Crippen LogP contribution in [0.5, 0.6) is 5.75 Å². The highest BCUT2D eigenvalue weighted by Gasteiger charge is 2.62. The molecule has 1 aromatic heterocycles. The van der Waals surface area contributed by atoms with Crippen LogP contribution in [0.3, 0.4) is 0 Å². The monoisotopic (exact) mass is 371 g/mol. The van der Waals surface area contributed by atoms with Crippen molar-refractivity contribution in [2.24, 2.45) is 5.41 Å². The van der Waals surface area contributed by atoms with E-state index in [1.54, 1.807) is 0 Å². The molecular weight excluding hydrogens is 346 g/mol. The topological polar surface area (TPSA) is 42.2 Å². The number of rotatable bonds is 2. The fourth-order valence-electron chi connectivity index (χ4n) is 5.67. The quantitative estimate of drug-likeness (QED) is 0.657. The third-order valence-electron chi connectivity index (χ3n) is 7.56. The van der Waals surface area contributed by atoms with Crippen molar-refractivity contribution >= 4 is 0 Å². The molecule has 0 unspecified atom stereocenters. The van der Waals surface area contributed by atoms with Gasteiger partial charge in [-0.05, 0) is 41.9 Å². The first-order chi connectivity index (χ1) is 13.4. The van der Waals surface area contributed by atoms with Crippen LogP contribution >= 0.6 is 0 Å². The summed E-state index contributed by atoms with van der Waals surface area (Å²) < 4.78 is 1.87. The van der Waals surface area contributed by atoms with E-state index in [1.165, 1.54) is 0 Å². The first-order valence-corrected chi connectivity index (χ1v) is 10.0. The maximum absolute atomic E-state index is 13.8. The van der Waals surface area contributed by atoms with Crippen LogP contribution in [0.2, 0.25) is 0 Å². The summed E-state index contributed by atoms with van der Waals surface area (Å²) in [4.78, 5) is 13.8. The van der Waals surface area contributed by atoms with Crippen LogP contribution in [0.15, 0.2) is 65.5 Å². The van der Waals surface area contributed by atoms with E-state index >= 15 is 0 Å². The summed E-state index contributed by atoms with van der Waals surface area (Å²) in [5, 5.41) is 11.4. The lowest BCUT2D eigenvalue weighted by Gasteiger charge is -2.36. The molecule has 28 heavy (non-hydrogen) atoms. The van der Waals surface area contributed by atoms with Gasteiger partial charge < -0.3 is 5.11 Å². The van der Waals surface area contributed by atoms with Gasteiger partial charge in [-0.2, -0.15) is 0 Å². The Morgan fingerprint density at radius 3 is 2.21 bits per heavy atom. The van der Waals surface area contributed by atoms with Gasteiger partial charge >= 0.3 is 0 Å². The second-order valence-corrected chi connectivity index (χ2v) is 8.97. The van der Waals surface area contributed by atoms with Crippen LogP contribution in [-0.4, -0.2) is 9.67 Å². The van der Waals surface area contributed by atoms with Gasteiger partial charge in [0.05, 0.1) is 5.56 Å². The minimum atomic E-state index is -0.144. The maximum atomic E-state index is 13.8. The van der Waals surface area contributed by atoms with E-state index in [9.17, 15) is 9.90 Å². The minimum absolute atomic E-state index is 0.00883. The maximum Gasteiger partial charge on any atom is 0.266 e. The van der Waals surface area contributed by atoms with Gasteiger partial charge in [-0.25, -0.2) is 0 Å². The van der Waals surface area contributed by atoms with Crippen molar-refractivity contribution in [3.63, 3.8) is 0 Å². The molecule has 0 saturated heterocycles. The zero-order valence-corrected chi connectivity index (χ0v) is 16.6. The number of hydrogen-bond acceptors (Lipinski definition) is 2. The largest absolute Gasteiger partial charge is 0.507 e. The fourth-order valence-corrected chi connectivity index (χ4v) is 5.67. The summed E-state index contributed by atoms with van der Waals surface area (Å²) in [7, 11) is 0. The molecule has 0 aliphatic heterocycles. The standard InChI is InChI=1S/C25H25NO2/c1-24(2)18-14-15-25(24,3)22-20(18)21(27)19(16-10-6-4-7-11-16)23(28)26(22)17-12-8-5-9-13-17/h4-13,18,27H,14-15H2,1-3H3/t18-,25+/m0/s1. The summed E-state index contributed by atoms with van der Waals surface area (Å²) >= 11 is 0. The molecule has 1 N–H and O–H groups in total. The molecule has 2 atom stereocenters. The molecule has 5 rings (SSSR count). The van der Waals surface area contributed by atoms with Crippen molar-refractivity contribution in [1.29, 1.82) is 0 Å². The Kier molecular flexibility index (Phi) is 3.46. The number of hydrogen-bond donors (Lipinski definition) is 1. The Hall–Kier alpha value is -2.81. The van der Waals surface area contributed by atoms with Crippen LogP contribution in [0.25, 0.3) is 16.8 Å². The van der Waals surface area contributed by atoms with Gasteiger partial charge in [0.15, 0.2) is 0 Å². The Morgan fingerprint density at radius 2 is 1.57 bits per heavy atom. The molecule has 3 heteroatoms. The molecule has 0 spiro atoms. The molecule has 2 aromatic carbocycles. The van der Waals surface area contributed by atoms with E-state index in [-0.39, 0.29) is 28.1 Å². The van der Waals surface area contributed by atoms with Crippen molar-refractivity contribution in [2.45, 2.75) is 44.9 Å². The molecule has 3 aromatic rings. The van der Waals surface area contributed by atoms with Crippen molar-refractivity contribution in [2.75, 3.05) is 0 Å². The van der Waals surface area contributed by atoms with Gasteiger partial charge in [-0.15, -0.1) is 0 Å². The number of benzene rings is 2. The van der Waals surface area contributed by atoms with Crippen LogP contribution in [-0.2, 0) is 5.41 Å². The Balaban J connectivity index is 1.95. The lowest BCUT2D eigenvalue weighted by molar-refractivity contribution is 0.224. The van der Waals surface area contributed by atoms with E-state index in [4.69, 9.17) is 0 Å². The van der Waals surface area contributed by atoms with Gasteiger partial charge in [-0.3, -0.25) is 9.36 Å². The number of aromatic nitrogens is 1. The minimum Gasteiger partial charge on any atom is -0.507 e. The summed E-state index contributed by atoms with van der Waals surface area (Å²) in [6, 6.07) is 19.4. The van der Waals surface area contributed by atoms with Crippen molar-refractivity contribution < 1.29 is 5.11 Å². The highest BCUT2D eigenvalue weighted by Crippen LogP contribution is 2.69.